The quantitative estimate of drug-likeness (QED) is 0.521. The number of ether oxygens (including phenoxy) is 1. The molecule has 7 nitrogen and oxygen atoms in total. The molecule has 1 amide bonds. The first-order valence-electron chi connectivity index (χ1n) is 7.84. The van der Waals surface area contributed by atoms with Gasteiger partial charge in [0.05, 0.1) is 6.10 Å². The number of hydrogen-bond acceptors (Lipinski definition) is 6. The lowest BCUT2D eigenvalue weighted by Crippen LogP contribution is -2.32. The molecule has 0 aliphatic heterocycles. The number of carbonyl (C=O) groups is 1. The predicted octanol–water partition coefficient (Wildman–Crippen LogP) is 1.81. The monoisotopic (exact) mass is 346 g/mol. The second-order valence-electron chi connectivity index (χ2n) is 5.84. The van der Waals surface area contributed by atoms with Crippen LogP contribution in [0, 0.1) is 0 Å². The summed E-state index contributed by atoms with van der Waals surface area (Å²) in [5.41, 5.74) is 6.49. The Labute approximate surface area is 145 Å². The maximum Gasteiger partial charge on any atom is 0.410 e. The lowest BCUT2D eigenvalue weighted by molar-refractivity contribution is 0.169. The summed E-state index contributed by atoms with van der Waals surface area (Å²) < 4.78 is 4.69. The van der Waals surface area contributed by atoms with Crippen LogP contribution in [0.3, 0.4) is 0 Å². The molecular formula is C18H22N2O5. The summed E-state index contributed by atoms with van der Waals surface area (Å²) in [5.74, 6) is -0.106. The van der Waals surface area contributed by atoms with Crippen LogP contribution in [0.15, 0.2) is 42.5 Å². The number of hydrogen-bond donors (Lipinski definition) is 5. The standard InChI is InChI=1S/C18H22N2O5/c1-11(8-12-2-5-14(21)6-3-12)20-10-16(23)13-4-7-15(22)17(9-13)25-18(19)24/h2-7,9,11,16,20-23H,8,10H2,1H3,(H2,19,24)/t11-,16-/m1/s1. The second-order valence-corrected chi connectivity index (χ2v) is 5.84. The average molecular weight is 346 g/mol. The number of aliphatic hydroxyl groups is 1. The van der Waals surface area contributed by atoms with Crippen molar-refractivity contribution in [2.75, 3.05) is 6.54 Å². The number of benzene rings is 2. The third-order valence-electron chi connectivity index (χ3n) is 3.72. The van der Waals surface area contributed by atoms with E-state index in [-0.39, 0.29) is 29.8 Å². The van der Waals surface area contributed by atoms with Crippen molar-refractivity contribution < 1.29 is 24.9 Å². The Morgan fingerprint density at radius 1 is 1.20 bits per heavy atom. The van der Waals surface area contributed by atoms with Crippen molar-refractivity contribution in [2.45, 2.75) is 25.5 Å². The number of amides is 1. The zero-order valence-corrected chi connectivity index (χ0v) is 13.8. The van der Waals surface area contributed by atoms with Crippen LogP contribution in [0.2, 0.25) is 0 Å². The SMILES string of the molecule is C[C@H](Cc1ccc(O)cc1)NC[C@@H](O)c1ccc(O)c(OC(N)=O)c1. The van der Waals surface area contributed by atoms with E-state index in [1.807, 2.05) is 19.1 Å². The number of phenolic OH excluding ortho intramolecular Hbond substituents is 2. The van der Waals surface area contributed by atoms with Gasteiger partial charge in [-0.3, -0.25) is 0 Å². The van der Waals surface area contributed by atoms with Gasteiger partial charge in [-0.15, -0.1) is 0 Å². The summed E-state index contributed by atoms with van der Waals surface area (Å²) in [5, 5.41) is 32.4. The van der Waals surface area contributed by atoms with E-state index in [9.17, 15) is 20.1 Å². The van der Waals surface area contributed by atoms with E-state index in [1.165, 1.54) is 12.1 Å². The zero-order chi connectivity index (χ0) is 18.4. The number of aromatic hydroxyl groups is 2. The topological polar surface area (TPSA) is 125 Å². The van der Waals surface area contributed by atoms with E-state index in [0.29, 0.717) is 5.56 Å². The van der Waals surface area contributed by atoms with E-state index >= 15 is 0 Å². The Bertz CT molecular complexity index is 718. The highest BCUT2D eigenvalue weighted by Crippen LogP contribution is 2.29. The molecule has 0 radical (unpaired) electrons. The molecule has 0 aliphatic carbocycles. The van der Waals surface area contributed by atoms with Gasteiger partial charge < -0.3 is 31.1 Å². The zero-order valence-electron chi connectivity index (χ0n) is 13.8. The van der Waals surface area contributed by atoms with Crippen LogP contribution in [0.1, 0.15) is 24.2 Å². The van der Waals surface area contributed by atoms with Crippen molar-refractivity contribution in [1.29, 1.82) is 0 Å². The van der Waals surface area contributed by atoms with Crippen molar-refractivity contribution >= 4 is 6.09 Å². The first kappa shape index (κ1) is 18.6. The summed E-state index contributed by atoms with van der Waals surface area (Å²) in [6.07, 6.45) is -1.15. The molecule has 0 heterocycles. The molecule has 0 unspecified atom stereocenters. The fraction of sp³-hybridized carbons (Fsp3) is 0.278. The highest BCUT2D eigenvalue weighted by atomic mass is 16.6. The highest BCUT2D eigenvalue weighted by Gasteiger charge is 2.14. The fourth-order valence-corrected chi connectivity index (χ4v) is 2.42. The first-order valence-corrected chi connectivity index (χ1v) is 7.84. The lowest BCUT2D eigenvalue weighted by atomic mass is 10.1. The molecule has 0 aliphatic rings. The maximum absolute atomic E-state index is 10.8. The minimum absolute atomic E-state index is 0.0950. The average Bonchev–Trinajstić information content (AvgIpc) is 2.56. The van der Waals surface area contributed by atoms with E-state index < -0.39 is 12.2 Å². The van der Waals surface area contributed by atoms with E-state index in [2.05, 4.69) is 10.1 Å². The molecule has 2 aromatic rings. The van der Waals surface area contributed by atoms with Gasteiger partial charge >= 0.3 is 6.09 Å². The normalized spacial score (nSPS) is 13.2. The first-order chi connectivity index (χ1) is 11.8. The Morgan fingerprint density at radius 2 is 1.88 bits per heavy atom. The molecule has 0 aromatic heterocycles. The van der Waals surface area contributed by atoms with Crippen LogP contribution in [0.25, 0.3) is 0 Å². The van der Waals surface area contributed by atoms with Gasteiger partial charge in [0.2, 0.25) is 0 Å². The van der Waals surface area contributed by atoms with E-state index in [1.54, 1.807) is 18.2 Å². The third-order valence-corrected chi connectivity index (χ3v) is 3.72. The molecule has 134 valence electrons. The number of carbonyl (C=O) groups excluding carboxylic acids is 1. The van der Waals surface area contributed by atoms with Crippen molar-refractivity contribution in [2.24, 2.45) is 5.73 Å². The molecule has 0 saturated carbocycles. The minimum Gasteiger partial charge on any atom is -0.508 e. The third kappa shape index (κ3) is 5.66. The van der Waals surface area contributed by atoms with Gasteiger partial charge in [0.15, 0.2) is 11.5 Å². The number of nitrogens with two attached hydrogens (primary N) is 1. The Balaban J connectivity index is 1.91. The molecule has 2 atom stereocenters. The summed E-state index contributed by atoms with van der Waals surface area (Å²) in [7, 11) is 0. The number of primary amides is 1. The molecule has 0 saturated heterocycles. The van der Waals surface area contributed by atoms with Gasteiger partial charge in [0.1, 0.15) is 5.75 Å². The van der Waals surface area contributed by atoms with Gasteiger partial charge in [-0.25, -0.2) is 4.79 Å². The summed E-state index contributed by atoms with van der Waals surface area (Å²) in [4.78, 5) is 10.8. The van der Waals surface area contributed by atoms with Gasteiger partial charge in [0, 0.05) is 12.6 Å². The van der Waals surface area contributed by atoms with Crippen molar-refractivity contribution in [3.8, 4) is 17.2 Å². The van der Waals surface area contributed by atoms with E-state index in [0.717, 1.165) is 12.0 Å². The molecule has 6 N–H and O–H groups in total. The lowest BCUT2D eigenvalue weighted by Gasteiger charge is -2.18. The number of nitrogens with one attached hydrogen (secondary N) is 1. The van der Waals surface area contributed by atoms with Crippen LogP contribution in [-0.2, 0) is 6.42 Å². The van der Waals surface area contributed by atoms with Gasteiger partial charge in [0.25, 0.3) is 0 Å². The van der Waals surface area contributed by atoms with Gasteiger partial charge in [-0.2, -0.15) is 0 Å². The Morgan fingerprint density at radius 3 is 2.52 bits per heavy atom. The second kappa shape index (κ2) is 8.36. The van der Waals surface area contributed by atoms with Crippen LogP contribution in [0.4, 0.5) is 4.79 Å². The molecular weight excluding hydrogens is 324 g/mol. The number of phenols is 2. The summed E-state index contributed by atoms with van der Waals surface area (Å²) >= 11 is 0. The van der Waals surface area contributed by atoms with Crippen molar-refractivity contribution in [1.82, 2.24) is 5.32 Å². The van der Waals surface area contributed by atoms with Crippen LogP contribution >= 0.6 is 0 Å². The summed E-state index contributed by atoms with van der Waals surface area (Å²) in [6.45, 7) is 2.26. The molecule has 0 fully saturated rings. The Kier molecular flexibility index (Phi) is 6.21. The molecule has 2 rings (SSSR count). The van der Waals surface area contributed by atoms with Crippen molar-refractivity contribution in [3.63, 3.8) is 0 Å². The minimum atomic E-state index is -1.04. The van der Waals surface area contributed by atoms with Crippen LogP contribution in [-0.4, -0.2) is 34.0 Å². The van der Waals surface area contributed by atoms with Gasteiger partial charge in [-0.05, 0) is 48.7 Å². The molecule has 0 bridgehead atoms. The van der Waals surface area contributed by atoms with Crippen LogP contribution < -0.4 is 15.8 Å². The fourth-order valence-electron chi connectivity index (χ4n) is 2.42. The molecule has 2 aromatic carbocycles. The van der Waals surface area contributed by atoms with Crippen LogP contribution in [0.5, 0.6) is 17.2 Å². The molecule has 25 heavy (non-hydrogen) atoms. The Hall–Kier alpha value is -2.77. The van der Waals surface area contributed by atoms with Gasteiger partial charge in [-0.1, -0.05) is 18.2 Å². The smallest absolute Gasteiger partial charge is 0.410 e. The summed E-state index contributed by atoms with van der Waals surface area (Å²) in [6, 6.07) is 11.3. The highest BCUT2D eigenvalue weighted by molar-refractivity contribution is 5.69. The molecule has 0 spiro atoms. The largest absolute Gasteiger partial charge is 0.508 e. The predicted molar refractivity (Wildman–Crippen MR) is 92.6 cm³/mol. The number of aliphatic hydroxyl groups excluding tert-OH is 1. The number of rotatable bonds is 7. The molecule has 7 heteroatoms. The maximum atomic E-state index is 10.8. The van der Waals surface area contributed by atoms with E-state index in [4.69, 9.17) is 5.73 Å². The van der Waals surface area contributed by atoms with Crippen molar-refractivity contribution in [3.05, 3.63) is 53.6 Å².